The fourth-order valence-corrected chi connectivity index (χ4v) is 2.56. The standard InChI is InChI=1S/C14H14N2O3/c1-15-7-12(17)16(2)14(15)10-8-19-11-6-4-3-5-9(11)13(10)18/h3-6,8,14H,7H2,1-2H3/t14-/m0/s1. The summed E-state index contributed by atoms with van der Waals surface area (Å²) in [5, 5.41) is 0.543. The molecule has 0 bridgehead atoms. The van der Waals surface area contributed by atoms with Crippen molar-refractivity contribution in [1.29, 1.82) is 0 Å². The van der Waals surface area contributed by atoms with Gasteiger partial charge in [0.25, 0.3) is 0 Å². The third-order valence-corrected chi connectivity index (χ3v) is 3.55. The molecule has 0 radical (unpaired) electrons. The van der Waals surface area contributed by atoms with Gasteiger partial charge in [-0.05, 0) is 19.2 Å². The van der Waals surface area contributed by atoms with Crippen molar-refractivity contribution >= 4 is 16.9 Å². The highest BCUT2D eigenvalue weighted by atomic mass is 16.3. The highest BCUT2D eigenvalue weighted by Crippen LogP contribution is 2.26. The molecule has 1 atom stereocenters. The van der Waals surface area contributed by atoms with Gasteiger partial charge in [-0.15, -0.1) is 0 Å². The van der Waals surface area contributed by atoms with E-state index >= 15 is 0 Å². The molecule has 1 aliphatic rings. The molecule has 98 valence electrons. The maximum absolute atomic E-state index is 12.5. The Morgan fingerprint density at radius 3 is 2.63 bits per heavy atom. The second kappa shape index (κ2) is 4.20. The molecule has 0 N–H and O–H groups in total. The molecule has 1 aliphatic heterocycles. The van der Waals surface area contributed by atoms with Crippen LogP contribution in [0.1, 0.15) is 11.7 Å². The van der Waals surface area contributed by atoms with Gasteiger partial charge in [0.15, 0.2) is 5.43 Å². The molecule has 1 amide bonds. The van der Waals surface area contributed by atoms with E-state index in [9.17, 15) is 9.59 Å². The highest BCUT2D eigenvalue weighted by molar-refractivity contribution is 5.81. The van der Waals surface area contributed by atoms with Gasteiger partial charge in [-0.3, -0.25) is 14.5 Å². The summed E-state index contributed by atoms with van der Waals surface area (Å²) in [6, 6.07) is 7.12. The van der Waals surface area contributed by atoms with Crippen LogP contribution in [-0.2, 0) is 4.79 Å². The number of nitrogens with zero attached hydrogens (tertiary/aromatic N) is 2. The van der Waals surface area contributed by atoms with Gasteiger partial charge in [-0.1, -0.05) is 12.1 Å². The van der Waals surface area contributed by atoms with Crippen LogP contribution in [0.4, 0.5) is 0 Å². The van der Waals surface area contributed by atoms with Crippen LogP contribution < -0.4 is 5.43 Å². The number of amides is 1. The molecular formula is C14H14N2O3. The number of hydrogen-bond donors (Lipinski definition) is 0. The molecule has 0 saturated carbocycles. The normalized spacial score (nSPS) is 20.4. The minimum atomic E-state index is -0.353. The second-order valence-corrected chi connectivity index (χ2v) is 4.81. The molecule has 19 heavy (non-hydrogen) atoms. The molecule has 2 heterocycles. The van der Waals surface area contributed by atoms with Gasteiger partial charge in [0, 0.05) is 7.05 Å². The third kappa shape index (κ3) is 1.74. The second-order valence-electron chi connectivity index (χ2n) is 4.81. The first-order chi connectivity index (χ1) is 9.09. The number of hydrogen-bond acceptors (Lipinski definition) is 4. The summed E-state index contributed by atoms with van der Waals surface area (Å²) in [6.45, 7) is 0.313. The zero-order valence-electron chi connectivity index (χ0n) is 10.8. The lowest BCUT2D eigenvalue weighted by Gasteiger charge is -2.23. The summed E-state index contributed by atoms with van der Waals surface area (Å²) in [6.07, 6.45) is 1.11. The van der Waals surface area contributed by atoms with Crippen molar-refractivity contribution in [2.45, 2.75) is 6.17 Å². The lowest BCUT2D eigenvalue weighted by atomic mass is 10.1. The van der Waals surface area contributed by atoms with E-state index in [1.165, 1.54) is 6.26 Å². The van der Waals surface area contributed by atoms with Crippen molar-refractivity contribution in [2.24, 2.45) is 0 Å². The number of para-hydroxylation sites is 1. The Balaban J connectivity index is 2.19. The van der Waals surface area contributed by atoms with Gasteiger partial charge in [-0.25, -0.2) is 0 Å². The fraction of sp³-hybridized carbons (Fsp3) is 0.286. The van der Waals surface area contributed by atoms with E-state index in [1.807, 2.05) is 18.0 Å². The highest BCUT2D eigenvalue weighted by Gasteiger charge is 2.35. The smallest absolute Gasteiger partial charge is 0.238 e. The maximum atomic E-state index is 12.5. The van der Waals surface area contributed by atoms with Crippen LogP contribution in [0.2, 0.25) is 0 Å². The summed E-state index contributed by atoms with van der Waals surface area (Å²) in [5.41, 5.74) is 0.973. The lowest BCUT2D eigenvalue weighted by molar-refractivity contribution is -0.126. The Labute approximate surface area is 110 Å². The molecular weight excluding hydrogens is 244 g/mol. The number of likely N-dealkylation sites (N-methyl/N-ethyl adjacent to an activating group) is 2. The molecule has 1 fully saturated rings. The average molecular weight is 258 g/mol. The number of fused-ring (bicyclic) bond motifs is 1. The quantitative estimate of drug-likeness (QED) is 0.771. The zero-order chi connectivity index (χ0) is 13.6. The van der Waals surface area contributed by atoms with E-state index in [0.29, 0.717) is 23.1 Å². The molecule has 3 rings (SSSR count). The van der Waals surface area contributed by atoms with Crippen LogP contribution >= 0.6 is 0 Å². The largest absolute Gasteiger partial charge is 0.464 e. The predicted octanol–water partition coefficient (Wildman–Crippen LogP) is 1.20. The van der Waals surface area contributed by atoms with E-state index in [1.54, 1.807) is 30.1 Å². The summed E-state index contributed by atoms with van der Waals surface area (Å²) < 4.78 is 5.50. The van der Waals surface area contributed by atoms with Gasteiger partial charge < -0.3 is 9.32 Å². The van der Waals surface area contributed by atoms with Gasteiger partial charge in [-0.2, -0.15) is 0 Å². The number of benzene rings is 1. The van der Waals surface area contributed by atoms with Gasteiger partial charge in [0.1, 0.15) is 18.0 Å². The predicted molar refractivity (Wildman–Crippen MR) is 70.6 cm³/mol. The van der Waals surface area contributed by atoms with Crippen LogP contribution in [0.25, 0.3) is 11.0 Å². The number of carbonyl (C=O) groups excluding carboxylic acids is 1. The van der Waals surface area contributed by atoms with Crippen LogP contribution in [0.3, 0.4) is 0 Å². The van der Waals surface area contributed by atoms with Gasteiger partial charge in [0.05, 0.1) is 17.5 Å². The topological polar surface area (TPSA) is 53.8 Å². The van der Waals surface area contributed by atoms with Crippen molar-refractivity contribution in [3.8, 4) is 0 Å². The Bertz CT molecular complexity index is 707. The SMILES string of the molecule is CN1CC(=O)N(C)[C@H]1c1coc2ccccc2c1=O. The summed E-state index contributed by atoms with van der Waals surface area (Å²) in [4.78, 5) is 27.6. The Hall–Kier alpha value is -2.14. The first-order valence-corrected chi connectivity index (χ1v) is 6.06. The van der Waals surface area contributed by atoms with E-state index < -0.39 is 0 Å². The van der Waals surface area contributed by atoms with Crippen molar-refractivity contribution < 1.29 is 9.21 Å². The molecule has 0 aliphatic carbocycles. The Morgan fingerprint density at radius 1 is 1.21 bits per heavy atom. The van der Waals surface area contributed by atoms with Crippen LogP contribution in [0.15, 0.2) is 39.7 Å². The Kier molecular flexibility index (Phi) is 2.64. The van der Waals surface area contributed by atoms with Crippen molar-refractivity contribution in [1.82, 2.24) is 9.80 Å². The zero-order valence-corrected chi connectivity index (χ0v) is 10.8. The van der Waals surface area contributed by atoms with Crippen LogP contribution in [0.5, 0.6) is 0 Å². The van der Waals surface area contributed by atoms with Crippen molar-refractivity contribution in [3.63, 3.8) is 0 Å². The molecule has 5 nitrogen and oxygen atoms in total. The molecule has 1 saturated heterocycles. The van der Waals surface area contributed by atoms with Crippen molar-refractivity contribution in [3.05, 3.63) is 46.3 Å². The summed E-state index contributed by atoms with van der Waals surface area (Å²) in [7, 11) is 3.52. The molecule has 2 aromatic rings. The van der Waals surface area contributed by atoms with E-state index in [0.717, 1.165) is 0 Å². The molecule has 1 aromatic carbocycles. The van der Waals surface area contributed by atoms with Crippen LogP contribution in [-0.4, -0.2) is 36.3 Å². The number of carbonyl (C=O) groups is 1. The Morgan fingerprint density at radius 2 is 1.95 bits per heavy atom. The first-order valence-electron chi connectivity index (χ1n) is 6.06. The van der Waals surface area contributed by atoms with Gasteiger partial charge >= 0.3 is 0 Å². The molecule has 0 unspecified atom stereocenters. The summed E-state index contributed by atoms with van der Waals surface area (Å²) >= 11 is 0. The monoisotopic (exact) mass is 258 g/mol. The minimum Gasteiger partial charge on any atom is -0.464 e. The van der Waals surface area contributed by atoms with E-state index in [2.05, 4.69) is 0 Å². The van der Waals surface area contributed by atoms with Crippen molar-refractivity contribution in [2.75, 3.05) is 20.6 Å². The molecule has 1 aromatic heterocycles. The molecule has 0 spiro atoms. The van der Waals surface area contributed by atoms with E-state index in [-0.39, 0.29) is 17.5 Å². The average Bonchev–Trinajstić information content (AvgIpc) is 2.65. The fourth-order valence-electron chi connectivity index (χ4n) is 2.56. The van der Waals surface area contributed by atoms with E-state index in [4.69, 9.17) is 4.42 Å². The number of rotatable bonds is 1. The lowest BCUT2D eigenvalue weighted by Crippen LogP contribution is -2.31. The van der Waals surface area contributed by atoms with Crippen LogP contribution in [0, 0.1) is 0 Å². The van der Waals surface area contributed by atoms with Gasteiger partial charge in [0.2, 0.25) is 5.91 Å². The third-order valence-electron chi connectivity index (χ3n) is 3.55. The minimum absolute atomic E-state index is 0.0000543. The first kappa shape index (κ1) is 11.9. The summed E-state index contributed by atoms with van der Waals surface area (Å²) in [5.74, 6) is 0.0000543. The maximum Gasteiger partial charge on any atom is 0.238 e. The molecule has 5 heteroatoms.